The number of carbonyl (C=O) groups excluding carboxylic acids is 1. The van der Waals surface area contributed by atoms with Gasteiger partial charge in [0.25, 0.3) is 0 Å². The number of amides is 1. The molecule has 2 aromatic carbocycles. The van der Waals surface area contributed by atoms with Crippen LogP contribution in [0.15, 0.2) is 60.7 Å². The number of aryl methyl sites for hydroxylation is 1. The quantitative estimate of drug-likeness (QED) is 0.444. The fourth-order valence-corrected chi connectivity index (χ4v) is 4.18. The molecule has 3 rings (SSSR count). The molecule has 0 aliphatic carbocycles. The maximum absolute atomic E-state index is 13.7. The molecule has 1 heterocycles. The van der Waals surface area contributed by atoms with Crippen LogP contribution in [0.25, 0.3) is 0 Å². The minimum absolute atomic E-state index is 0.373. The molecule has 1 fully saturated rings. The Morgan fingerprint density at radius 3 is 1.88 bits per heavy atom. The van der Waals surface area contributed by atoms with Crippen LogP contribution in [0.4, 0.5) is 4.79 Å². The van der Waals surface area contributed by atoms with Crippen molar-refractivity contribution < 1.29 is 18.8 Å². The highest BCUT2D eigenvalue weighted by atomic mass is 16.7. The summed E-state index contributed by atoms with van der Waals surface area (Å²) in [4.78, 5) is 15.5. The zero-order chi connectivity index (χ0) is 25.2. The van der Waals surface area contributed by atoms with Crippen LogP contribution >= 0.6 is 0 Å². The molecule has 0 saturated carbocycles. The first-order valence-electron chi connectivity index (χ1n) is 12.2. The van der Waals surface area contributed by atoms with E-state index in [0.717, 1.165) is 18.4 Å². The first-order valence-corrected chi connectivity index (χ1v) is 12.2. The van der Waals surface area contributed by atoms with Crippen molar-refractivity contribution in [3.05, 3.63) is 71.8 Å². The van der Waals surface area contributed by atoms with Crippen LogP contribution in [0.5, 0.6) is 0 Å². The standard InChI is InChI=1S/C28H40BNO4/c1-25(2,3)32-24(31)30(21-15-18-22-16-11-9-12-17-22)28(8,23-19-13-10-14-20-23)29-33-26(4,5)27(6,7)34-29/h9-14,16-17,19-20H,15,18,21H2,1-8H3/t28-/m1/s1. The summed E-state index contributed by atoms with van der Waals surface area (Å²) in [6.45, 7) is 16.3. The second-order valence-electron chi connectivity index (χ2n) is 11.3. The fourth-order valence-electron chi connectivity index (χ4n) is 4.18. The van der Waals surface area contributed by atoms with Crippen molar-refractivity contribution in [1.82, 2.24) is 4.90 Å². The Labute approximate surface area is 205 Å². The van der Waals surface area contributed by atoms with E-state index in [-0.39, 0.29) is 6.09 Å². The van der Waals surface area contributed by atoms with Crippen molar-refractivity contribution in [2.75, 3.05) is 6.54 Å². The van der Waals surface area contributed by atoms with Gasteiger partial charge in [-0.05, 0) is 79.4 Å². The van der Waals surface area contributed by atoms with Gasteiger partial charge in [0.1, 0.15) is 11.0 Å². The molecular weight excluding hydrogens is 425 g/mol. The van der Waals surface area contributed by atoms with Gasteiger partial charge in [0.15, 0.2) is 0 Å². The van der Waals surface area contributed by atoms with Gasteiger partial charge in [-0.3, -0.25) is 4.90 Å². The van der Waals surface area contributed by atoms with Gasteiger partial charge in [0.05, 0.1) is 11.2 Å². The normalized spacial score (nSPS) is 18.9. The summed E-state index contributed by atoms with van der Waals surface area (Å²) in [5.74, 6) is 0. The summed E-state index contributed by atoms with van der Waals surface area (Å²) in [7, 11) is -0.663. The first-order chi connectivity index (χ1) is 15.8. The molecule has 6 heteroatoms. The monoisotopic (exact) mass is 465 g/mol. The van der Waals surface area contributed by atoms with Crippen molar-refractivity contribution in [2.24, 2.45) is 0 Å². The van der Waals surface area contributed by atoms with Crippen LogP contribution in [0, 0.1) is 0 Å². The van der Waals surface area contributed by atoms with Gasteiger partial charge in [-0.2, -0.15) is 0 Å². The molecule has 0 N–H and O–H groups in total. The van der Waals surface area contributed by atoms with Crippen LogP contribution in [0.1, 0.15) is 72.9 Å². The molecule has 1 aliphatic rings. The molecule has 0 unspecified atom stereocenters. The smallest absolute Gasteiger partial charge is 0.444 e. The van der Waals surface area contributed by atoms with Gasteiger partial charge in [0.2, 0.25) is 0 Å². The van der Waals surface area contributed by atoms with E-state index in [1.165, 1.54) is 5.56 Å². The lowest BCUT2D eigenvalue weighted by molar-refractivity contribution is 0.00516. The first kappa shape index (κ1) is 26.3. The van der Waals surface area contributed by atoms with Gasteiger partial charge >= 0.3 is 13.2 Å². The topological polar surface area (TPSA) is 48.0 Å². The van der Waals surface area contributed by atoms with Crippen LogP contribution in [-0.2, 0) is 25.9 Å². The number of nitrogens with zero attached hydrogens (tertiary/aromatic N) is 1. The molecular formula is C28H40BNO4. The summed E-state index contributed by atoms with van der Waals surface area (Å²) in [6, 6.07) is 20.3. The summed E-state index contributed by atoms with van der Waals surface area (Å²) in [5, 5.41) is 0. The Balaban J connectivity index is 2.01. The summed E-state index contributed by atoms with van der Waals surface area (Å²) < 4.78 is 19.0. The summed E-state index contributed by atoms with van der Waals surface area (Å²) in [6.07, 6.45) is 1.26. The average Bonchev–Trinajstić information content (AvgIpc) is 2.98. The van der Waals surface area contributed by atoms with Crippen LogP contribution < -0.4 is 0 Å². The maximum atomic E-state index is 13.7. The van der Waals surface area contributed by atoms with E-state index in [1.807, 2.05) is 104 Å². The predicted molar refractivity (Wildman–Crippen MR) is 138 cm³/mol. The number of benzene rings is 2. The molecule has 34 heavy (non-hydrogen) atoms. The van der Waals surface area contributed by atoms with E-state index in [1.54, 1.807) is 4.90 Å². The molecule has 1 aliphatic heterocycles. The molecule has 184 valence electrons. The number of hydrogen-bond donors (Lipinski definition) is 0. The third-order valence-electron chi connectivity index (χ3n) is 6.94. The third kappa shape index (κ3) is 5.67. The zero-order valence-corrected chi connectivity index (χ0v) is 22.1. The maximum Gasteiger partial charge on any atom is 0.490 e. The number of carbonyl (C=O) groups is 1. The van der Waals surface area contributed by atoms with E-state index in [4.69, 9.17) is 14.0 Å². The second kappa shape index (κ2) is 9.75. The third-order valence-corrected chi connectivity index (χ3v) is 6.94. The average molecular weight is 465 g/mol. The molecule has 1 saturated heterocycles. The van der Waals surface area contributed by atoms with Gasteiger partial charge in [-0.15, -0.1) is 0 Å². The Kier molecular flexibility index (Phi) is 7.54. The molecule has 0 radical (unpaired) electrons. The Morgan fingerprint density at radius 2 is 1.38 bits per heavy atom. The molecule has 2 aromatic rings. The van der Waals surface area contributed by atoms with E-state index in [9.17, 15) is 4.79 Å². The zero-order valence-electron chi connectivity index (χ0n) is 22.1. The second-order valence-corrected chi connectivity index (χ2v) is 11.3. The van der Waals surface area contributed by atoms with Crippen molar-refractivity contribution in [3.8, 4) is 0 Å². The van der Waals surface area contributed by atoms with Gasteiger partial charge in [-0.25, -0.2) is 4.79 Å². The number of ether oxygens (including phenoxy) is 1. The SMILES string of the molecule is CC(C)(C)OC(=O)N(CCCc1ccccc1)[C@@](C)(B1OC(C)(C)C(C)(C)O1)c1ccccc1. The van der Waals surface area contributed by atoms with Crippen LogP contribution in [0.3, 0.4) is 0 Å². The predicted octanol–water partition coefficient (Wildman–Crippen LogP) is 6.40. The highest BCUT2D eigenvalue weighted by Crippen LogP contribution is 2.45. The van der Waals surface area contributed by atoms with E-state index < -0.39 is 29.4 Å². The highest BCUT2D eigenvalue weighted by Gasteiger charge is 2.61. The lowest BCUT2D eigenvalue weighted by atomic mass is 9.60. The van der Waals surface area contributed by atoms with Crippen molar-refractivity contribution in [2.45, 2.75) is 90.5 Å². The van der Waals surface area contributed by atoms with Gasteiger partial charge < -0.3 is 14.0 Å². The van der Waals surface area contributed by atoms with E-state index >= 15 is 0 Å². The van der Waals surface area contributed by atoms with E-state index in [0.29, 0.717) is 6.54 Å². The fraction of sp³-hybridized carbons (Fsp3) is 0.536. The van der Waals surface area contributed by atoms with Crippen molar-refractivity contribution in [1.29, 1.82) is 0 Å². The van der Waals surface area contributed by atoms with E-state index in [2.05, 4.69) is 12.1 Å². The summed E-state index contributed by atoms with van der Waals surface area (Å²) >= 11 is 0. The Morgan fingerprint density at radius 1 is 0.882 bits per heavy atom. The highest BCUT2D eigenvalue weighted by molar-refractivity contribution is 6.49. The lowest BCUT2D eigenvalue weighted by Gasteiger charge is -2.43. The largest absolute Gasteiger partial charge is 0.490 e. The molecule has 0 spiro atoms. The van der Waals surface area contributed by atoms with Crippen molar-refractivity contribution in [3.63, 3.8) is 0 Å². The lowest BCUT2D eigenvalue weighted by Crippen LogP contribution is -2.59. The van der Waals surface area contributed by atoms with Gasteiger partial charge in [0, 0.05) is 6.54 Å². The minimum Gasteiger partial charge on any atom is -0.444 e. The minimum atomic E-state index is -0.897. The van der Waals surface area contributed by atoms with Crippen LogP contribution in [0.2, 0.25) is 0 Å². The molecule has 0 bridgehead atoms. The Hall–Kier alpha value is -2.31. The summed E-state index contributed by atoms with van der Waals surface area (Å²) in [5.41, 5.74) is -0.398. The molecule has 1 amide bonds. The number of rotatable bonds is 7. The van der Waals surface area contributed by atoms with Crippen molar-refractivity contribution >= 4 is 13.2 Å². The number of hydrogen-bond acceptors (Lipinski definition) is 4. The van der Waals surface area contributed by atoms with Gasteiger partial charge in [-0.1, -0.05) is 60.7 Å². The molecule has 5 nitrogen and oxygen atoms in total. The molecule has 1 atom stereocenters. The Bertz CT molecular complexity index is 939. The molecule has 0 aromatic heterocycles. The van der Waals surface area contributed by atoms with Crippen LogP contribution in [-0.4, -0.2) is 41.5 Å².